The van der Waals surface area contributed by atoms with Gasteiger partial charge in [-0.2, -0.15) is 19.7 Å². The van der Waals surface area contributed by atoms with Crippen LogP contribution in [-0.4, -0.2) is 29.4 Å². The second kappa shape index (κ2) is 3.55. The van der Waals surface area contributed by atoms with E-state index in [1.165, 1.54) is 6.33 Å². The molecule has 3 aromatic rings. The summed E-state index contributed by atoms with van der Waals surface area (Å²) in [6, 6.07) is 1.91. The zero-order valence-electron chi connectivity index (χ0n) is 9.49. The summed E-state index contributed by atoms with van der Waals surface area (Å²) in [4.78, 5) is 8.34. The molecule has 0 aliphatic carbocycles. The van der Waals surface area contributed by atoms with Gasteiger partial charge in [0.15, 0.2) is 0 Å². The van der Waals surface area contributed by atoms with E-state index >= 15 is 0 Å². The van der Waals surface area contributed by atoms with Crippen LogP contribution in [0.2, 0.25) is 0 Å². The van der Waals surface area contributed by atoms with Crippen LogP contribution in [0.4, 0.5) is 11.5 Å². The van der Waals surface area contributed by atoms with Crippen molar-refractivity contribution >= 4 is 17.3 Å². The van der Waals surface area contributed by atoms with E-state index in [9.17, 15) is 0 Å². The minimum Gasteiger partial charge on any atom is -0.337 e. The van der Waals surface area contributed by atoms with Gasteiger partial charge in [0, 0.05) is 25.0 Å². The van der Waals surface area contributed by atoms with Crippen molar-refractivity contribution in [3.63, 3.8) is 0 Å². The van der Waals surface area contributed by atoms with Gasteiger partial charge in [-0.05, 0) is 6.92 Å². The lowest BCUT2D eigenvalue weighted by atomic mass is 10.4. The lowest BCUT2D eigenvalue weighted by molar-refractivity contribution is 0.768. The van der Waals surface area contributed by atoms with E-state index in [2.05, 4.69) is 25.5 Å². The van der Waals surface area contributed by atoms with E-state index < -0.39 is 0 Å². The van der Waals surface area contributed by atoms with E-state index in [0.29, 0.717) is 5.78 Å². The number of anilines is 2. The predicted octanol–water partition coefficient (Wildman–Crippen LogP) is 0.910. The highest BCUT2D eigenvalue weighted by Gasteiger charge is 2.06. The Balaban J connectivity index is 2.07. The van der Waals surface area contributed by atoms with Crippen LogP contribution >= 0.6 is 0 Å². The Kier molecular flexibility index (Phi) is 2.04. The zero-order valence-corrected chi connectivity index (χ0v) is 9.49. The van der Waals surface area contributed by atoms with Crippen LogP contribution < -0.4 is 5.32 Å². The minimum atomic E-state index is 0.580. The maximum Gasteiger partial charge on any atom is 0.254 e. The summed E-state index contributed by atoms with van der Waals surface area (Å²) in [7, 11) is 1.87. The predicted molar refractivity (Wildman–Crippen MR) is 62.0 cm³/mol. The number of fused-ring (bicyclic) bond motifs is 1. The van der Waals surface area contributed by atoms with E-state index in [0.717, 1.165) is 17.2 Å². The fourth-order valence-electron chi connectivity index (χ4n) is 1.65. The standard InChI is InChI=1S/C10H11N7/c1-7-3-9(15-8-4-12-16(2)5-8)17-10(14-7)11-6-13-17/h3-6,15H,1-2H3. The normalized spacial score (nSPS) is 10.9. The lowest BCUT2D eigenvalue weighted by Gasteiger charge is -2.05. The quantitative estimate of drug-likeness (QED) is 0.707. The number of aromatic nitrogens is 6. The molecule has 0 fully saturated rings. The molecule has 0 atom stereocenters. The number of aryl methyl sites for hydroxylation is 2. The third-order valence-corrected chi connectivity index (χ3v) is 2.36. The van der Waals surface area contributed by atoms with Crippen molar-refractivity contribution in [1.82, 2.24) is 29.4 Å². The Labute approximate surface area is 97.1 Å². The van der Waals surface area contributed by atoms with Crippen molar-refractivity contribution in [3.8, 4) is 0 Å². The lowest BCUT2D eigenvalue weighted by Crippen LogP contribution is -2.02. The molecule has 3 heterocycles. The second-order valence-electron chi connectivity index (χ2n) is 3.78. The van der Waals surface area contributed by atoms with Crippen LogP contribution in [-0.2, 0) is 7.05 Å². The Bertz CT molecular complexity index is 666. The van der Waals surface area contributed by atoms with Gasteiger partial charge < -0.3 is 5.32 Å². The monoisotopic (exact) mass is 229 g/mol. The highest BCUT2D eigenvalue weighted by atomic mass is 15.4. The van der Waals surface area contributed by atoms with Crippen molar-refractivity contribution in [2.75, 3.05) is 5.32 Å². The number of nitrogens with zero attached hydrogens (tertiary/aromatic N) is 6. The third kappa shape index (κ3) is 1.71. The van der Waals surface area contributed by atoms with Gasteiger partial charge in [0.05, 0.1) is 11.9 Å². The van der Waals surface area contributed by atoms with E-state index in [1.807, 2.05) is 26.2 Å². The first-order valence-electron chi connectivity index (χ1n) is 5.15. The van der Waals surface area contributed by atoms with Gasteiger partial charge >= 0.3 is 0 Å². The van der Waals surface area contributed by atoms with Crippen LogP contribution in [0, 0.1) is 6.92 Å². The first kappa shape index (κ1) is 9.76. The Morgan fingerprint density at radius 2 is 2.18 bits per heavy atom. The van der Waals surface area contributed by atoms with Gasteiger partial charge in [-0.1, -0.05) is 0 Å². The molecule has 0 radical (unpaired) electrons. The van der Waals surface area contributed by atoms with Gasteiger partial charge in [-0.25, -0.2) is 4.98 Å². The molecule has 0 amide bonds. The largest absolute Gasteiger partial charge is 0.337 e. The van der Waals surface area contributed by atoms with Gasteiger partial charge in [0.1, 0.15) is 12.1 Å². The molecule has 3 aromatic heterocycles. The summed E-state index contributed by atoms with van der Waals surface area (Å²) in [6.45, 7) is 1.92. The first-order valence-corrected chi connectivity index (χ1v) is 5.15. The molecule has 7 heteroatoms. The van der Waals surface area contributed by atoms with Crippen LogP contribution in [0.1, 0.15) is 5.69 Å². The molecule has 86 valence electrons. The molecular formula is C10H11N7. The van der Waals surface area contributed by atoms with E-state index in [-0.39, 0.29) is 0 Å². The molecule has 0 saturated heterocycles. The summed E-state index contributed by atoms with van der Waals surface area (Å²) in [5, 5.41) is 11.4. The molecule has 3 rings (SSSR count). The average molecular weight is 229 g/mol. The number of hydrogen-bond acceptors (Lipinski definition) is 5. The molecule has 0 aliphatic rings. The number of rotatable bonds is 2. The number of hydrogen-bond donors (Lipinski definition) is 1. The van der Waals surface area contributed by atoms with Crippen molar-refractivity contribution in [2.45, 2.75) is 6.92 Å². The number of nitrogens with one attached hydrogen (secondary N) is 1. The van der Waals surface area contributed by atoms with E-state index in [1.54, 1.807) is 15.4 Å². The average Bonchev–Trinajstić information content (AvgIpc) is 2.87. The topological polar surface area (TPSA) is 72.9 Å². The van der Waals surface area contributed by atoms with Crippen LogP contribution in [0.5, 0.6) is 0 Å². The SMILES string of the molecule is Cc1cc(Nc2cnn(C)c2)n2ncnc2n1. The van der Waals surface area contributed by atoms with Gasteiger partial charge in [-0.15, -0.1) is 0 Å². The summed E-state index contributed by atoms with van der Waals surface area (Å²) in [5.74, 6) is 1.40. The molecule has 0 saturated carbocycles. The minimum absolute atomic E-state index is 0.580. The van der Waals surface area contributed by atoms with Crippen molar-refractivity contribution < 1.29 is 0 Å². The van der Waals surface area contributed by atoms with Crippen LogP contribution in [0.25, 0.3) is 5.78 Å². The maximum atomic E-state index is 4.27. The van der Waals surface area contributed by atoms with Gasteiger partial charge in [0.2, 0.25) is 0 Å². The highest BCUT2D eigenvalue weighted by Crippen LogP contribution is 2.16. The first-order chi connectivity index (χ1) is 8.22. The van der Waals surface area contributed by atoms with Crippen molar-refractivity contribution in [1.29, 1.82) is 0 Å². The zero-order chi connectivity index (χ0) is 11.8. The van der Waals surface area contributed by atoms with Crippen molar-refractivity contribution in [2.24, 2.45) is 7.05 Å². The Morgan fingerprint density at radius 1 is 1.29 bits per heavy atom. The van der Waals surface area contributed by atoms with Gasteiger partial charge in [0.25, 0.3) is 5.78 Å². The highest BCUT2D eigenvalue weighted by molar-refractivity contribution is 5.56. The molecule has 17 heavy (non-hydrogen) atoms. The Hall–Kier alpha value is -2.44. The summed E-state index contributed by atoms with van der Waals surface area (Å²) < 4.78 is 3.38. The molecule has 7 nitrogen and oxygen atoms in total. The molecule has 0 aromatic carbocycles. The molecule has 0 unspecified atom stereocenters. The van der Waals surface area contributed by atoms with E-state index in [4.69, 9.17) is 0 Å². The molecule has 0 spiro atoms. The third-order valence-electron chi connectivity index (χ3n) is 2.36. The van der Waals surface area contributed by atoms with Gasteiger partial charge in [-0.3, -0.25) is 4.68 Å². The maximum absolute atomic E-state index is 4.27. The smallest absolute Gasteiger partial charge is 0.254 e. The molecule has 1 N–H and O–H groups in total. The molecular weight excluding hydrogens is 218 g/mol. The molecule has 0 aliphatic heterocycles. The fraction of sp³-hybridized carbons (Fsp3) is 0.200. The second-order valence-corrected chi connectivity index (χ2v) is 3.78. The Morgan fingerprint density at radius 3 is 2.94 bits per heavy atom. The molecule has 0 bridgehead atoms. The summed E-state index contributed by atoms with van der Waals surface area (Å²) in [6.07, 6.45) is 5.12. The van der Waals surface area contributed by atoms with Crippen molar-refractivity contribution in [3.05, 3.63) is 30.5 Å². The summed E-state index contributed by atoms with van der Waals surface area (Å²) >= 11 is 0. The van der Waals surface area contributed by atoms with Crippen LogP contribution in [0.3, 0.4) is 0 Å². The van der Waals surface area contributed by atoms with Crippen LogP contribution in [0.15, 0.2) is 24.8 Å². The summed E-state index contributed by atoms with van der Waals surface area (Å²) in [5.41, 5.74) is 1.78. The fourth-order valence-corrected chi connectivity index (χ4v) is 1.65.